The van der Waals surface area contributed by atoms with Gasteiger partial charge in [0.1, 0.15) is 6.54 Å². The van der Waals surface area contributed by atoms with Crippen molar-refractivity contribution in [2.24, 2.45) is 0 Å². The summed E-state index contributed by atoms with van der Waals surface area (Å²) in [4.78, 5) is 23.3. The Balaban J connectivity index is 4.06. The highest BCUT2D eigenvalue weighted by Crippen LogP contribution is 1.92. The second-order valence-corrected chi connectivity index (χ2v) is 5.55. The lowest BCUT2D eigenvalue weighted by atomic mass is 10.4. The number of sulfonamides is 1. The molecule has 2 amide bonds. The highest BCUT2D eigenvalue weighted by molar-refractivity contribution is 7.88. The number of nitrogens with zero attached hydrogens (tertiary/aromatic N) is 1. The van der Waals surface area contributed by atoms with Gasteiger partial charge < -0.3 is 15.3 Å². The van der Waals surface area contributed by atoms with Crippen LogP contribution in [-0.2, 0) is 14.8 Å². The number of hydrogen-bond donors (Lipinski definition) is 3. The Morgan fingerprint density at radius 2 is 1.89 bits per heavy atom. The van der Waals surface area contributed by atoms with Crippen LogP contribution in [0.3, 0.4) is 0 Å². The van der Waals surface area contributed by atoms with E-state index in [0.717, 1.165) is 11.2 Å². The SMILES string of the molecule is CCCN(CC(=O)O)C(=O)NCCNS(C)(=O)=O. The molecule has 0 radical (unpaired) electrons. The number of aliphatic carboxylic acids is 1. The van der Waals surface area contributed by atoms with Crippen LogP contribution in [0.15, 0.2) is 0 Å². The normalized spacial score (nSPS) is 11.0. The molecule has 3 N–H and O–H groups in total. The van der Waals surface area contributed by atoms with Gasteiger partial charge in [-0.25, -0.2) is 17.9 Å². The van der Waals surface area contributed by atoms with Crippen molar-refractivity contribution in [3.8, 4) is 0 Å². The smallest absolute Gasteiger partial charge is 0.323 e. The van der Waals surface area contributed by atoms with Crippen molar-refractivity contribution in [1.82, 2.24) is 14.9 Å². The zero-order valence-corrected chi connectivity index (χ0v) is 11.3. The van der Waals surface area contributed by atoms with E-state index < -0.39 is 22.0 Å². The summed E-state index contributed by atoms with van der Waals surface area (Å²) in [5, 5.41) is 11.1. The predicted molar refractivity (Wildman–Crippen MR) is 65.7 cm³/mol. The Hall–Kier alpha value is -1.35. The van der Waals surface area contributed by atoms with Crippen molar-refractivity contribution in [1.29, 1.82) is 0 Å². The third-order valence-corrected chi connectivity index (χ3v) is 2.60. The van der Waals surface area contributed by atoms with Crippen LogP contribution in [0.4, 0.5) is 4.79 Å². The van der Waals surface area contributed by atoms with Gasteiger partial charge in [0.2, 0.25) is 10.0 Å². The van der Waals surface area contributed by atoms with E-state index in [4.69, 9.17) is 5.11 Å². The van der Waals surface area contributed by atoms with Gasteiger partial charge in [0.05, 0.1) is 6.26 Å². The average molecular weight is 281 g/mol. The highest BCUT2D eigenvalue weighted by atomic mass is 32.2. The number of carbonyl (C=O) groups is 2. The lowest BCUT2D eigenvalue weighted by Crippen LogP contribution is -2.45. The lowest BCUT2D eigenvalue weighted by Gasteiger charge is -2.20. The van der Waals surface area contributed by atoms with E-state index in [1.807, 2.05) is 6.92 Å². The molecule has 0 spiro atoms. The summed E-state index contributed by atoms with van der Waals surface area (Å²) < 4.78 is 23.7. The monoisotopic (exact) mass is 281 g/mol. The molecule has 0 heterocycles. The van der Waals surface area contributed by atoms with Crippen LogP contribution in [0.1, 0.15) is 13.3 Å². The summed E-state index contributed by atoms with van der Waals surface area (Å²) in [6.45, 7) is 1.95. The van der Waals surface area contributed by atoms with Gasteiger partial charge >= 0.3 is 12.0 Å². The predicted octanol–water partition coefficient (Wildman–Crippen LogP) is -0.958. The van der Waals surface area contributed by atoms with Crippen LogP contribution >= 0.6 is 0 Å². The van der Waals surface area contributed by atoms with E-state index in [9.17, 15) is 18.0 Å². The second-order valence-electron chi connectivity index (χ2n) is 3.71. The molecule has 0 aliphatic rings. The molecule has 0 aromatic rings. The van der Waals surface area contributed by atoms with Gasteiger partial charge in [-0.05, 0) is 6.42 Å². The van der Waals surface area contributed by atoms with E-state index in [1.165, 1.54) is 0 Å². The van der Waals surface area contributed by atoms with Crippen molar-refractivity contribution in [2.45, 2.75) is 13.3 Å². The Morgan fingerprint density at radius 1 is 1.28 bits per heavy atom. The minimum absolute atomic E-state index is 0.0671. The van der Waals surface area contributed by atoms with Gasteiger partial charge in [-0.15, -0.1) is 0 Å². The lowest BCUT2D eigenvalue weighted by molar-refractivity contribution is -0.137. The zero-order chi connectivity index (χ0) is 14.2. The fourth-order valence-corrected chi connectivity index (χ4v) is 1.68. The molecule has 0 bridgehead atoms. The number of carboxylic acid groups (broad SMARTS) is 1. The number of rotatable bonds is 8. The number of nitrogens with one attached hydrogen (secondary N) is 2. The number of carbonyl (C=O) groups excluding carboxylic acids is 1. The Morgan fingerprint density at radius 3 is 2.33 bits per heavy atom. The van der Waals surface area contributed by atoms with Crippen LogP contribution in [0.5, 0.6) is 0 Å². The third kappa shape index (κ3) is 8.76. The summed E-state index contributed by atoms with van der Waals surface area (Å²) in [7, 11) is -3.28. The molecule has 9 heteroatoms. The molecule has 0 saturated carbocycles. The molecule has 8 nitrogen and oxygen atoms in total. The quantitative estimate of drug-likeness (QED) is 0.496. The first-order chi connectivity index (χ1) is 8.26. The maximum Gasteiger partial charge on any atom is 0.323 e. The molecular weight excluding hydrogens is 262 g/mol. The van der Waals surface area contributed by atoms with Crippen LogP contribution in [0.25, 0.3) is 0 Å². The molecule has 0 saturated heterocycles. The van der Waals surface area contributed by atoms with Gasteiger partial charge in [-0.1, -0.05) is 6.92 Å². The zero-order valence-electron chi connectivity index (χ0n) is 10.5. The Kier molecular flexibility index (Phi) is 7.29. The summed E-state index contributed by atoms with van der Waals surface area (Å²) in [5.41, 5.74) is 0. The second kappa shape index (κ2) is 7.88. The van der Waals surface area contributed by atoms with Crippen molar-refractivity contribution in [3.05, 3.63) is 0 Å². The standard InChI is InChI=1S/C9H19N3O5S/c1-3-6-12(7-8(13)14)9(15)10-4-5-11-18(2,16)17/h11H,3-7H2,1-2H3,(H,10,15)(H,13,14). The first-order valence-electron chi connectivity index (χ1n) is 5.45. The van der Waals surface area contributed by atoms with Gasteiger partial charge in [-0.2, -0.15) is 0 Å². The van der Waals surface area contributed by atoms with Gasteiger partial charge in [0, 0.05) is 19.6 Å². The van der Waals surface area contributed by atoms with E-state index in [-0.39, 0.29) is 19.6 Å². The van der Waals surface area contributed by atoms with Crippen LogP contribution in [-0.4, -0.2) is 62.9 Å². The molecule has 0 aromatic heterocycles. The topological polar surface area (TPSA) is 116 Å². The number of urea groups is 1. The maximum absolute atomic E-state index is 11.6. The third-order valence-electron chi connectivity index (χ3n) is 1.87. The Labute approximate surface area is 106 Å². The van der Waals surface area contributed by atoms with Gasteiger partial charge in [0.25, 0.3) is 0 Å². The average Bonchev–Trinajstić information content (AvgIpc) is 2.21. The first-order valence-corrected chi connectivity index (χ1v) is 7.34. The highest BCUT2D eigenvalue weighted by Gasteiger charge is 2.15. The van der Waals surface area contributed by atoms with E-state index >= 15 is 0 Å². The fraction of sp³-hybridized carbons (Fsp3) is 0.778. The molecule has 106 valence electrons. The first kappa shape index (κ1) is 16.6. The van der Waals surface area contributed by atoms with Crippen molar-refractivity contribution in [2.75, 3.05) is 32.4 Å². The summed E-state index contributed by atoms with van der Waals surface area (Å²) in [5.74, 6) is -1.09. The molecule has 0 atom stereocenters. The van der Waals surface area contributed by atoms with Crippen LogP contribution in [0.2, 0.25) is 0 Å². The maximum atomic E-state index is 11.6. The fourth-order valence-electron chi connectivity index (χ4n) is 1.20. The minimum atomic E-state index is -3.28. The Bertz CT molecular complexity index is 382. The molecule has 0 fully saturated rings. The number of amides is 2. The number of hydrogen-bond acceptors (Lipinski definition) is 4. The van der Waals surface area contributed by atoms with Crippen molar-refractivity contribution in [3.63, 3.8) is 0 Å². The number of carboxylic acids is 1. The van der Waals surface area contributed by atoms with Crippen LogP contribution in [0, 0.1) is 0 Å². The van der Waals surface area contributed by atoms with Gasteiger partial charge in [-0.3, -0.25) is 4.79 Å². The molecule has 0 unspecified atom stereocenters. The summed E-state index contributed by atoms with van der Waals surface area (Å²) >= 11 is 0. The summed E-state index contributed by atoms with van der Waals surface area (Å²) in [6, 6.07) is -0.519. The molecule has 0 rings (SSSR count). The van der Waals surface area contributed by atoms with Crippen molar-refractivity contribution < 1.29 is 23.1 Å². The molecule has 18 heavy (non-hydrogen) atoms. The van der Waals surface area contributed by atoms with Gasteiger partial charge in [0.15, 0.2) is 0 Å². The van der Waals surface area contributed by atoms with E-state index in [2.05, 4.69) is 10.0 Å². The molecule has 0 aromatic carbocycles. The van der Waals surface area contributed by atoms with Crippen molar-refractivity contribution >= 4 is 22.0 Å². The molecule has 0 aliphatic carbocycles. The summed E-state index contributed by atoms with van der Waals surface area (Å²) in [6.07, 6.45) is 1.66. The minimum Gasteiger partial charge on any atom is -0.480 e. The largest absolute Gasteiger partial charge is 0.480 e. The van der Waals surface area contributed by atoms with Crippen LogP contribution < -0.4 is 10.0 Å². The molecular formula is C9H19N3O5S. The van der Waals surface area contributed by atoms with E-state index in [0.29, 0.717) is 13.0 Å². The van der Waals surface area contributed by atoms with E-state index in [1.54, 1.807) is 0 Å². The molecule has 0 aliphatic heterocycles.